The Balaban J connectivity index is 3.14. The summed E-state index contributed by atoms with van der Waals surface area (Å²) in [6.07, 6.45) is 0.485. The van der Waals surface area contributed by atoms with Crippen molar-refractivity contribution in [1.82, 2.24) is 0 Å². The van der Waals surface area contributed by atoms with Gasteiger partial charge in [0.1, 0.15) is 0 Å². The molecule has 0 saturated heterocycles. The van der Waals surface area contributed by atoms with Crippen LogP contribution >= 0.6 is 0 Å². The lowest BCUT2D eigenvalue weighted by atomic mass is 9.72. The molecule has 0 aliphatic carbocycles. The molecular formula is C15H23NO2. The first-order valence-electron chi connectivity index (χ1n) is 6.32. The lowest BCUT2D eigenvalue weighted by Crippen LogP contribution is -2.45. The fourth-order valence-electron chi connectivity index (χ4n) is 2.46. The Morgan fingerprint density at radius 2 is 1.78 bits per heavy atom. The number of carboxylic acids is 1. The summed E-state index contributed by atoms with van der Waals surface area (Å²) in [6, 6.07) is 6.18. The van der Waals surface area contributed by atoms with Gasteiger partial charge in [0.15, 0.2) is 0 Å². The zero-order valence-corrected chi connectivity index (χ0v) is 11.7. The molecule has 0 spiro atoms. The summed E-state index contributed by atoms with van der Waals surface area (Å²) in [5.41, 5.74) is 8.24. The minimum absolute atomic E-state index is 0.000758. The first kappa shape index (κ1) is 14.7. The maximum Gasteiger partial charge on any atom is 0.311 e. The summed E-state index contributed by atoms with van der Waals surface area (Å²) in [5, 5.41) is 9.51. The number of hydrogen-bond donors (Lipinski definition) is 2. The number of carboxylic acid groups (broad SMARTS) is 1. The quantitative estimate of drug-likeness (QED) is 0.843. The maximum absolute atomic E-state index is 11.6. The molecule has 3 nitrogen and oxygen atoms in total. The van der Waals surface area contributed by atoms with E-state index in [1.54, 1.807) is 0 Å². The Morgan fingerprint density at radius 3 is 2.11 bits per heavy atom. The molecule has 18 heavy (non-hydrogen) atoms. The summed E-state index contributed by atoms with van der Waals surface area (Å²) in [4.78, 5) is 11.6. The smallest absolute Gasteiger partial charge is 0.311 e. The third-order valence-electron chi connectivity index (χ3n) is 3.70. The molecule has 0 bridgehead atoms. The number of aryl methyl sites for hydroxylation is 2. The van der Waals surface area contributed by atoms with Gasteiger partial charge in [-0.3, -0.25) is 4.79 Å². The molecule has 1 aromatic rings. The van der Waals surface area contributed by atoms with Crippen LogP contribution in [-0.4, -0.2) is 17.6 Å². The van der Waals surface area contributed by atoms with Crippen LogP contribution in [0.5, 0.6) is 0 Å². The topological polar surface area (TPSA) is 63.3 Å². The van der Waals surface area contributed by atoms with Crippen LogP contribution in [0.4, 0.5) is 0 Å². The van der Waals surface area contributed by atoms with Crippen LogP contribution in [0.25, 0.3) is 0 Å². The molecule has 100 valence electrons. The molecule has 0 aliphatic rings. The molecular weight excluding hydrogens is 226 g/mol. The average Bonchev–Trinajstić information content (AvgIpc) is 2.23. The van der Waals surface area contributed by atoms with E-state index in [0.29, 0.717) is 6.42 Å². The van der Waals surface area contributed by atoms with Gasteiger partial charge in [0.05, 0.1) is 5.41 Å². The minimum Gasteiger partial charge on any atom is -0.481 e. The van der Waals surface area contributed by atoms with Crippen molar-refractivity contribution < 1.29 is 9.90 Å². The molecule has 3 heteroatoms. The van der Waals surface area contributed by atoms with Crippen LogP contribution in [0.2, 0.25) is 0 Å². The van der Waals surface area contributed by atoms with E-state index in [2.05, 4.69) is 6.07 Å². The highest BCUT2D eigenvalue weighted by Crippen LogP contribution is 2.31. The van der Waals surface area contributed by atoms with E-state index in [9.17, 15) is 9.90 Å². The average molecular weight is 249 g/mol. The highest BCUT2D eigenvalue weighted by atomic mass is 16.4. The Labute approximate surface area is 109 Å². The maximum atomic E-state index is 11.6. The molecule has 0 amide bonds. The zero-order chi connectivity index (χ0) is 13.9. The van der Waals surface area contributed by atoms with E-state index in [1.165, 1.54) is 0 Å². The zero-order valence-electron chi connectivity index (χ0n) is 11.7. The van der Waals surface area contributed by atoms with Crippen molar-refractivity contribution in [2.75, 3.05) is 6.54 Å². The summed E-state index contributed by atoms with van der Waals surface area (Å²) in [7, 11) is 0. The molecule has 1 aromatic carbocycles. The van der Waals surface area contributed by atoms with E-state index < -0.39 is 11.4 Å². The van der Waals surface area contributed by atoms with Gasteiger partial charge in [-0.2, -0.15) is 0 Å². The van der Waals surface area contributed by atoms with Crippen LogP contribution in [-0.2, 0) is 11.2 Å². The standard InChI is InChI=1S/C15H23NO2/c1-10(2)15(9-16,14(17)18)8-13-6-11(3)5-12(4)7-13/h5-7,10H,8-9,16H2,1-4H3,(H,17,18). The summed E-state index contributed by atoms with van der Waals surface area (Å²) in [5.74, 6) is -0.806. The number of aliphatic carboxylic acids is 1. The largest absolute Gasteiger partial charge is 0.481 e. The number of carbonyl (C=O) groups is 1. The third-order valence-corrected chi connectivity index (χ3v) is 3.70. The van der Waals surface area contributed by atoms with Crippen molar-refractivity contribution in [2.45, 2.75) is 34.1 Å². The van der Waals surface area contributed by atoms with E-state index >= 15 is 0 Å². The highest BCUT2D eigenvalue weighted by Gasteiger charge is 2.40. The van der Waals surface area contributed by atoms with Crippen molar-refractivity contribution in [2.24, 2.45) is 17.1 Å². The van der Waals surface area contributed by atoms with Gasteiger partial charge in [-0.25, -0.2) is 0 Å². The van der Waals surface area contributed by atoms with Gasteiger partial charge >= 0.3 is 5.97 Å². The van der Waals surface area contributed by atoms with Crippen molar-refractivity contribution in [3.8, 4) is 0 Å². The van der Waals surface area contributed by atoms with Crippen molar-refractivity contribution in [3.63, 3.8) is 0 Å². The van der Waals surface area contributed by atoms with Crippen LogP contribution < -0.4 is 5.73 Å². The summed E-state index contributed by atoms with van der Waals surface area (Å²) in [6.45, 7) is 8.05. The lowest BCUT2D eigenvalue weighted by Gasteiger charge is -2.32. The second-order valence-electron chi connectivity index (χ2n) is 5.49. The van der Waals surface area contributed by atoms with Gasteiger partial charge in [0, 0.05) is 6.54 Å². The molecule has 0 aliphatic heterocycles. The first-order chi connectivity index (χ1) is 8.31. The van der Waals surface area contributed by atoms with Crippen LogP contribution in [0.1, 0.15) is 30.5 Å². The Morgan fingerprint density at radius 1 is 1.28 bits per heavy atom. The summed E-state index contributed by atoms with van der Waals surface area (Å²) < 4.78 is 0. The van der Waals surface area contributed by atoms with E-state index in [-0.39, 0.29) is 12.5 Å². The number of nitrogens with two attached hydrogens (primary N) is 1. The lowest BCUT2D eigenvalue weighted by molar-refractivity contribution is -0.151. The van der Waals surface area contributed by atoms with Crippen molar-refractivity contribution in [1.29, 1.82) is 0 Å². The van der Waals surface area contributed by atoms with Gasteiger partial charge in [-0.15, -0.1) is 0 Å². The Hall–Kier alpha value is -1.35. The SMILES string of the molecule is Cc1cc(C)cc(CC(CN)(C(=O)O)C(C)C)c1. The molecule has 0 saturated carbocycles. The van der Waals surface area contributed by atoms with Gasteiger partial charge in [0.2, 0.25) is 0 Å². The van der Waals surface area contributed by atoms with Gasteiger partial charge in [-0.1, -0.05) is 43.2 Å². The van der Waals surface area contributed by atoms with Gasteiger partial charge in [-0.05, 0) is 31.7 Å². The number of hydrogen-bond acceptors (Lipinski definition) is 2. The molecule has 1 atom stereocenters. The molecule has 0 aromatic heterocycles. The summed E-state index contributed by atoms with van der Waals surface area (Å²) >= 11 is 0. The predicted octanol–water partition coefficient (Wildman–Crippen LogP) is 2.53. The monoisotopic (exact) mass is 249 g/mol. The predicted molar refractivity (Wildman–Crippen MR) is 73.6 cm³/mol. The van der Waals surface area contributed by atoms with Crippen LogP contribution in [0.3, 0.4) is 0 Å². The Kier molecular flexibility index (Phi) is 4.52. The van der Waals surface area contributed by atoms with Gasteiger partial charge < -0.3 is 10.8 Å². The van der Waals surface area contributed by atoms with Gasteiger partial charge in [0.25, 0.3) is 0 Å². The first-order valence-corrected chi connectivity index (χ1v) is 6.32. The van der Waals surface area contributed by atoms with Crippen LogP contribution in [0.15, 0.2) is 18.2 Å². The molecule has 1 rings (SSSR count). The minimum atomic E-state index is -0.875. The number of benzene rings is 1. The molecule has 0 heterocycles. The molecule has 0 fully saturated rings. The van der Waals surface area contributed by atoms with Crippen molar-refractivity contribution in [3.05, 3.63) is 34.9 Å². The van der Waals surface area contributed by atoms with E-state index in [0.717, 1.165) is 16.7 Å². The second-order valence-corrected chi connectivity index (χ2v) is 5.49. The van der Waals surface area contributed by atoms with Crippen LogP contribution in [0, 0.1) is 25.2 Å². The van der Waals surface area contributed by atoms with E-state index in [1.807, 2.05) is 39.8 Å². The fourth-order valence-corrected chi connectivity index (χ4v) is 2.46. The Bertz CT molecular complexity index is 420. The normalized spacial score (nSPS) is 14.6. The van der Waals surface area contributed by atoms with E-state index in [4.69, 9.17) is 5.73 Å². The third kappa shape index (κ3) is 2.91. The van der Waals surface area contributed by atoms with Crippen molar-refractivity contribution >= 4 is 5.97 Å². The molecule has 3 N–H and O–H groups in total. The molecule has 1 unspecified atom stereocenters. The molecule has 0 radical (unpaired) electrons. The fraction of sp³-hybridized carbons (Fsp3) is 0.533. The second kappa shape index (κ2) is 5.53. The highest BCUT2D eigenvalue weighted by molar-refractivity contribution is 5.75. The number of rotatable bonds is 5.